The molecule has 1 amide bonds. The molecule has 2 unspecified atom stereocenters. The highest BCUT2D eigenvalue weighted by atomic mass is 16.3. The van der Waals surface area contributed by atoms with Gasteiger partial charge in [-0.25, -0.2) is 9.97 Å². The van der Waals surface area contributed by atoms with Crippen molar-refractivity contribution < 1.29 is 9.90 Å². The molecule has 3 aromatic rings. The number of allylic oxidation sites excluding steroid dienone is 3. The van der Waals surface area contributed by atoms with Crippen molar-refractivity contribution in [3.05, 3.63) is 114 Å². The quantitative estimate of drug-likeness (QED) is 0.142. The van der Waals surface area contributed by atoms with E-state index in [0.717, 1.165) is 36.0 Å². The third-order valence-corrected chi connectivity index (χ3v) is 6.91. The first-order valence-electron chi connectivity index (χ1n) is 14.3. The fourth-order valence-corrected chi connectivity index (χ4v) is 4.63. The highest BCUT2D eigenvalue weighted by molar-refractivity contribution is 6.16. The Kier molecular flexibility index (Phi) is 13.0. The maximum atomic E-state index is 12.6. The monoisotopic (exact) mass is 579 g/mol. The van der Waals surface area contributed by atoms with Gasteiger partial charge in [0, 0.05) is 24.4 Å². The molecule has 0 saturated heterocycles. The normalized spacial score (nSPS) is 16.0. The zero-order chi connectivity index (χ0) is 31.0. The Hall–Kier alpha value is -4.89. The number of nitrogens with one attached hydrogen (secondary N) is 3. The summed E-state index contributed by atoms with van der Waals surface area (Å²) < 4.78 is 0. The summed E-state index contributed by atoms with van der Waals surface area (Å²) in [6, 6.07) is 15.1. The molecule has 2 aromatic carbocycles. The summed E-state index contributed by atoms with van der Waals surface area (Å²) in [5.74, 6) is 0.620. The lowest BCUT2D eigenvalue weighted by molar-refractivity contribution is -0.120. The number of benzene rings is 2. The summed E-state index contributed by atoms with van der Waals surface area (Å²) in [6.45, 7) is 9.36. The molecule has 9 heteroatoms. The van der Waals surface area contributed by atoms with E-state index in [1.807, 2.05) is 73.7 Å². The molecule has 1 fully saturated rings. The number of aliphatic hydroxyl groups excluding tert-OH is 1. The minimum atomic E-state index is -0.325. The fraction of sp³-hybridized carbons (Fsp3) is 0.265. The number of anilines is 2. The van der Waals surface area contributed by atoms with E-state index in [-0.39, 0.29) is 36.0 Å². The number of carbonyl (C=O) groups is 1. The number of rotatable bonds is 12. The van der Waals surface area contributed by atoms with Crippen molar-refractivity contribution in [2.75, 3.05) is 11.1 Å². The standard InChI is InChI=1S/C28H31N7O2.C6H10/c1-31-13-12-19-4-2-3-5-21(19)14-24(37)32-16-18-6-8-20(9-7-18)26(29)25-27(30)33-17-34-28(25)35-22-10-11-23(36)15-22;1-3-5-6-4-2/h2-9,12-13,17,22-23,29,36H,1,10-11,14-16H2,(H,32,37)(H3,30,33,34,35);3-4,6H,1,5H2,2H3/b13-12-,29-26?;6-4-. The number of carbonyl (C=O) groups excluding carboxylic acids is 1. The van der Waals surface area contributed by atoms with Crippen LogP contribution in [0.2, 0.25) is 0 Å². The third kappa shape index (κ3) is 10.2. The molecule has 1 aliphatic rings. The zero-order valence-corrected chi connectivity index (χ0v) is 24.7. The molecule has 0 bridgehead atoms. The van der Waals surface area contributed by atoms with Crippen LogP contribution in [0.1, 0.15) is 60.4 Å². The number of hydrogen-bond donors (Lipinski definition) is 5. The van der Waals surface area contributed by atoms with E-state index in [2.05, 4.69) is 45.0 Å². The number of hydrogen-bond acceptors (Lipinski definition) is 8. The van der Waals surface area contributed by atoms with Gasteiger partial charge in [0.15, 0.2) is 0 Å². The van der Waals surface area contributed by atoms with Gasteiger partial charge in [-0.2, -0.15) is 0 Å². The summed E-state index contributed by atoms with van der Waals surface area (Å²) in [5, 5.41) is 24.9. The van der Waals surface area contributed by atoms with Crippen molar-refractivity contribution in [3.63, 3.8) is 0 Å². The Labute approximate surface area is 253 Å². The van der Waals surface area contributed by atoms with Crippen LogP contribution in [0.3, 0.4) is 0 Å². The molecule has 9 nitrogen and oxygen atoms in total. The average molecular weight is 580 g/mol. The van der Waals surface area contributed by atoms with Gasteiger partial charge in [0.2, 0.25) is 5.91 Å². The topological polar surface area (TPSA) is 149 Å². The van der Waals surface area contributed by atoms with Crippen LogP contribution in [0.15, 0.2) is 90.9 Å². The van der Waals surface area contributed by atoms with E-state index in [1.165, 1.54) is 6.33 Å². The first kappa shape index (κ1) is 32.6. The summed E-state index contributed by atoms with van der Waals surface area (Å²) in [7, 11) is 0. The molecule has 0 radical (unpaired) electrons. The minimum Gasteiger partial charge on any atom is -0.393 e. The second-order valence-corrected chi connectivity index (χ2v) is 10.1. The molecule has 1 saturated carbocycles. The molecule has 1 heterocycles. The first-order valence-corrected chi connectivity index (χ1v) is 14.3. The molecule has 0 aliphatic heterocycles. The van der Waals surface area contributed by atoms with E-state index < -0.39 is 0 Å². The lowest BCUT2D eigenvalue weighted by Gasteiger charge is -2.17. The molecule has 6 N–H and O–H groups in total. The van der Waals surface area contributed by atoms with Gasteiger partial charge in [0.25, 0.3) is 0 Å². The second kappa shape index (κ2) is 17.2. The Balaban J connectivity index is 0.000000765. The number of amides is 1. The number of aliphatic hydroxyl groups is 1. The van der Waals surface area contributed by atoms with Crippen molar-refractivity contribution >= 4 is 36.0 Å². The van der Waals surface area contributed by atoms with E-state index in [4.69, 9.17) is 11.1 Å². The summed E-state index contributed by atoms with van der Waals surface area (Å²) >= 11 is 0. The Bertz CT molecular complexity index is 1450. The van der Waals surface area contributed by atoms with Crippen LogP contribution in [-0.4, -0.2) is 45.6 Å². The van der Waals surface area contributed by atoms with Crippen molar-refractivity contribution in [2.24, 2.45) is 4.99 Å². The Morgan fingerprint density at radius 2 is 1.95 bits per heavy atom. The SMILES string of the molecule is C=CC/C=C\C.C=N/C=C\c1ccccc1CC(=O)NCc1ccc(C(=N)c2c(N)ncnc2NC2CCC(O)C2)cc1. The Morgan fingerprint density at radius 3 is 2.60 bits per heavy atom. The van der Waals surface area contributed by atoms with E-state index in [0.29, 0.717) is 29.9 Å². The summed E-state index contributed by atoms with van der Waals surface area (Å²) in [4.78, 5) is 24.7. The lowest BCUT2D eigenvalue weighted by atomic mass is 10.0. The van der Waals surface area contributed by atoms with E-state index >= 15 is 0 Å². The van der Waals surface area contributed by atoms with Gasteiger partial charge in [-0.1, -0.05) is 66.8 Å². The van der Waals surface area contributed by atoms with Crippen LogP contribution >= 0.6 is 0 Å². The van der Waals surface area contributed by atoms with E-state index in [1.54, 1.807) is 6.20 Å². The minimum absolute atomic E-state index is 0.0727. The highest BCUT2D eigenvalue weighted by Crippen LogP contribution is 2.27. The summed E-state index contributed by atoms with van der Waals surface area (Å²) in [6.07, 6.45) is 13.9. The average Bonchev–Trinajstić information content (AvgIpc) is 3.43. The number of aromatic nitrogens is 2. The smallest absolute Gasteiger partial charge is 0.224 e. The molecular weight excluding hydrogens is 538 g/mol. The zero-order valence-electron chi connectivity index (χ0n) is 24.7. The molecular formula is C34H41N7O2. The van der Waals surface area contributed by atoms with Crippen molar-refractivity contribution in [1.29, 1.82) is 5.41 Å². The van der Waals surface area contributed by atoms with Crippen molar-refractivity contribution in [3.8, 4) is 0 Å². The molecule has 43 heavy (non-hydrogen) atoms. The molecule has 1 aliphatic carbocycles. The largest absolute Gasteiger partial charge is 0.393 e. The summed E-state index contributed by atoms with van der Waals surface area (Å²) in [5.41, 5.74) is 10.2. The molecule has 1 aromatic heterocycles. The lowest BCUT2D eigenvalue weighted by Crippen LogP contribution is -2.24. The fourth-order valence-electron chi connectivity index (χ4n) is 4.63. The maximum Gasteiger partial charge on any atom is 0.224 e. The van der Waals surface area contributed by atoms with Crippen LogP contribution in [0.5, 0.6) is 0 Å². The van der Waals surface area contributed by atoms with Gasteiger partial charge in [-0.15, -0.1) is 6.58 Å². The third-order valence-electron chi connectivity index (χ3n) is 6.91. The van der Waals surface area contributed by atoms with Gasteiger partial charge < -0.3 is 21.5 Å². The van der Waals surface area contributed by atoms with Gasteiger partial charge in [-0.05, 0) is 62.1 Å². The molecule has 4 rings (SSSR count). The highest BCUT2D eigenvalue weighted by Gasteiger charge is 2.25. The first-order chi connectivity index (χ1) is 20.9. The molecule has 0 spiro atoms. The predicted molar refractivity (Wildman–Crippen MR) is 176 cm³/mol. The van der Waals surface area contributed by atoms with Gasteiger partial charge in [0.05, 0.1) is 23.8 Å². The number of aliphatic imine (C=N–C) groups is 1. The number of nitrogens with zero attached hydrogens (tertiary/aromatic N) is 3. The number of nitrogen functional groups attached to an aromatic ring is 1. The van der Waals surface area contributed by atoms with Crippen molar-refractivity contribution in [1.82, 2.24) is 15.3 Å². The van der Waals surface area contributed by atoms with Crippen LogP contribution in [-0.2, 0) is 17.8 Å². The molecule has 2 atom stereocenters. The van der Waals surface area contributed by atoms with Crippen molar-refractivity contribution in [2.45, 2.75) is 57.7 Å². The Morgan fingerprint density at radius 1 is 1.19 bits per heavy atom. The maximum absolute atomic E-state index is 12.6. The van der Waals surface area contributed by atoms with Gasteiger partial charge in [0.1, 0.15) is 18.0 Å². The molecule has 224 valence electrons. The van der Waals surface area contributed by atoms with Gasteiger partial charge >= 0.3 is 0 Å². The van der Waals surface area contributed by atoms with E-state index in [9.17, 15) is 9.90 Å². The predicted octanol–water partition coefficient (Wildman–Crippen LogP) is 5.47. The number of nitrogens with two attached hydrogens (primary N) is 1. The van der Waals surface area contributed by atoms with Gasteiger partial charge in [-0.3, -0.25) is 15.2 Å². The van der Waals surface area contributed by atoms with Crippen LogP contribution in [0.4, 0.5) is 11.6 Å². The second-order valence-electron chi connectivity index (χ2n) is 10.1. The van der Waals surface area contributed by atoms with Crippen LogP contribution in [0, 0.1) is 5.41 Å². The van der Waals surface area contributed by atoms with Crippen LogP contribution < -0.4 is 16.4 Å². The van der Waals surface area contributed by atoms with Crippen LogP contribution in [0.25, 0.3) is 6.08 Å².